The fraction of sp³-hybridized carbons (Fsp3) is 0.542. The molecule has 2 heterocycles. The van der Waals surface area contributed by atoms with Crippen molar-refractivity contribution in [3.05, 3.63) is 35.4 Å². The van der Waals surface area contributed by atoms with Gasteiger partial charge in [0.15, 0.2) is 0 Å². The number of aryl methyl sites for hydroxylation is 1. The van der Waals surface area contributed by atoms with Gasteiger partial charge in [0.25, 0.3) is 0 Å². The fourth-order valence-corrected chi connectivity index (χ4v) is 4.13. The van der Waals surface area contributed by atoms with Crippen molar-refractivity contribution in [1.29, 1.82) is 0 Å². The van der Waals surface area contributed by atoms with Crippen molar-refractivity contribution in [3.63, 3.8) is 0 Å². The van der Waals surface area contributed by atoms with Gasteiger partial charge in [0.05, 0.1) is 5.69 Å². The Balaban J connectivity index is 1.60. The van der Waals surface area contributed by atoms with Crippen molar-refractivity contribution in [2.75, 3.05) is 25.0 Å². The van der Waals surface area contributed by atoms with E-state index in [0.717, 1.165) is 62.3 Å². The summed E-state index contributed by atoms with van der Waals surface area (Å²) in [5.41, 5.74) is 3.45. The van der Waals surface area contributed by atoms with Crippen LogP contribution in [0.4, 0.5) is 5.82 Å². The predicted molar refractivity (Wildman–Crippen MR) is 123 cm³/mol. The van der Waals surface area contributed by atoms with Gasteiger partial charge < -0.3 is 20.4 Å². The molecule has 1 aromatic heterocycles. The van der Waals surface area contributed by atoms with Crippen LogP contribution in [0, 0.1) is 6.92 Å². The molecule has 168 valence electrons. The maximum Gasteiger partial charge on any atom is 0.303 e. The summed E-state index contributed by atoms with van der Waals surface area (Å²) in [7, 11) is 0. The number of anilines is 1. The average molecular weight is 427 g/mol. The number of phenolic OH excluding ortho intramolecular Hbond substituents is 1. The van der Waals surface area contributed by atoms with E-state index in [1.807, 2.05) is 25.1 Å². The highest BCUT2D eigenvalue weighted by Crippen LogP contribution is 2.33. The maximum atomic E-state index is 10.7. The van der Waals surface area contributed by atoms with E-state index in [0.29, 0.717) is 23.2 Å². The van der Waals surface area contributed by atoms with E-state index >= 15 is 0 Å². The number of carboxylic acid groups (broad SMARTS) is 1. The highest BCUT2D eigenvalue weighted by molar-refractivity contribution is 5.70. The molecule has 2 aromatic rings. The minimum atomic E-state index is -0.722. The van der Waals surface area contributed by atoms with Crippen LogP contribution >= 0.6 is 0 Å². The van der Waals surface area contributed by atoms with Gasteiger partial charge in [-0.25, -0.2) is 0 Å². The quantitative estimate of drug-likeness (QED) is 0.511. The third-order valence-corrected chi connectivity index (χ3v) is 5.90. The monoisotopic (exact) mass is 426 g/mol. The smallest absolute Gasteiger partial charge is 0.303 e. The van der Waals surface area contributed by atoms with Crippen LogP contribution in [0.15, 0.2) is 24.3 Å². The molecule has 1 aliphatic rings. The molecule has 0 spiro atoms. The lowest BCUT2D eigenvalue weighted by molar-refractivity contribution is -0.137. The molecule has 1 fully saturated rings. The first-order chi connectivity index (χ1) is 14.8. The number of benzene rings is 1. The lowest BCUT2D eigenvalue weighted by Crippen LogP contribution is -2.42. The van der Waals surface area contributed by atoms with Crippen LogP contribution in [0.2, 0.25) is 0 Å². The van der Waals surface area contributed by atoms with Gasteiger partial charge >= 0.3 is 5.97 Å². The van der Waals surface area contributed by atoms with Crippen molar-refractivity contribution in [1.82, 2.24) is 15.1 Å². The Morgan fingerprint density at radius 3 is 2.74 bits per heavy atom. The van der Waals surface area contributed by atoms with Gasteiger partial charge in [0, 0.05) is 24.6 Å². The molecule has 1 saturated heterocycles. The highest BCUT2D eigenvalue weighted by atomic mass is 16.4. The summed E-state index contributed by atoms with van der Waals surface area (Å²) >= 11 is 0. The lowest BCUT2D eigenvalue weighted by atomic mass is 9.98. The van der Waals surface area contributed by atoms with E-state index in [1.54, 1.807) is 6.07 Å². The number of hydrogen-bond acceptors (Lipinski definition) is 6. The van der Waals surface area contributed by atoms with Crippen molar-refractivity contribution in [2.45, 2.75) is 64.8 Å². The highest BCUT2D eigenvalue weighted by Gasteiger charge is 2.20. The molecule has 3 rings (SSSR count). The third-order valence-electron chi connectivity index (χ3n) is 5.90. The zero-order chi connectivity index (χ0) is 22.4. The molecule has 0 radical (unpaired) electrons. The number of carbonyl (C=O) groups is 1. The summed E-state index contributed by atoms with van der Waals surface area (Å²) in [5.74, 6) is 0.609. The third kappa shape index (κ3) is 6.40. The molecule has 0 aliphatic carbocycles. The first kappa shape index (κ1) is 23.0. The van der Waals surface area contributed by atoms with E-state index in [9.17, 15) is 9.90 Å². The zero-order valence-corrected chi connectivity index (χ0v) is 18.8. The number of nitrogens with one attached hydrogen (secondary N) is 1. The van der Waals surface area contributed by atoms with Crippen molar-refractivity contribution >= 4 is 11.8 Å². The van der Waals surface area contributed by atoms with Crippen LogP contribution in [0.25, 0.3) is 11.3 Å². The van der Waals surface area contributed by atoms with Crippen LogP contribution in [-0.4, -0.2) is 57.0 Å². The number of piperidine rings is 1. The first-order valence-electron chi connectivity index (χ1n) is 11.2. The Hall–Kier alpha value is -2.67. The fourth-order valence-electron chi connectivity index (χ4n) is 4.13. The summed E-state index contributed by atoms with van der Waals surface area (Å²) in [6.45, 7) is 9.10. The number of phenols is 1. The molecular formula is C24H34N4O3. The number of carboxylic acids is 1. The van der Waals surface area contributed by atoms with Gasteiger partial charge in [0.1, 0.15) is 11.6 Å². The predicted octanol–water partition coefficient (Wildman–Crippen LogP) is 4.41. The molecule has 1 atom stereocenters. The van der Waals surface area contributed by atoms with Gasteiger partial charge in [0.2, 0.25) is 0 Å². The topological polar surface area (TPSA) is 98.6 Å². The molecule has 7 nitrogen and oxygen atoms in total. The largest absolute Gasteiger partial charge is 0.507 e. The minimum Gasteiger partial charge on any atom is -0.507 e. The normalized spacial score (nSPS) is 17.1. The molecule has 31 heavy (non-hydrogen) atoms. The number of likely N-dealkylation sites (tertiary alicyclic amines) is 1. The molecule has 0 saturated carbocycles. The van der Waals surface area contributed by atoms with Crippen LogP contribution < -0.4 is 5.32 Å². The minimum absolute atomic E-state index is 0.232. The number of nitrogens with zero attached hydrogens (tertiary/aromatic N) is 3. The summed E-state index contributed by atoms with van der Waals surface area (Å²) in [6, 6.07) is 8.04. The van der Waals surface area contributed by atoms with E-state index in [2.05, 4.69) is 34.3 Å². The van der Waals surface area contributed by atoms with Crippen molar-refractivity contribution < 1.29 is 15.0 Å². The maximum absolute atomic E-state index is 10.7. The van der Waals surface area contributed by atoms with Crippen molar-refractivity contribution in [3.8, 4) is 17.0 Å². The van der Waals surface area contributed by atoms with E-state index in [-0.39, 0.29) is 12.2 Å². The lowest BCUT2D eigenvalue weighted by Gasteiger charge is -2.33. The Bertz CT molecular complexity index is 900. The summed E-state index contributed by atoms with van der Waals surface area (Å²) in [4.78, 5) is 13.1. The number of hydrogen-bond donors (Lipinski definition) is 3. The zero-order valence-electron chi connectivity index (χ0n) is 18.8. The number of aromatic hydroxyl groups is 1. The standard InChI is InChI=1S/C24H34N4O3/c1-16(2)18-9-10-20(21(29)14-18)24-17(3)13-22(26-27-24)25-19-7-6-12-28(15-19)11-5-4-8-23(30)31/h9-10,13-14,16,19,29H,4-8,11-12,15H2,1-3H3,(H,25,26)(H,30,31)/t19-/m1/s1. The van der Waals surface area contributed by atoms with Gasteiger partial charge in [-0.3, -0.25) is 4.79 Å². The molecule has 1 aliphatic heterocycles. The SMILES string of the molecule is Cc1cc(N[C@@H]2CCCN(CCCCC(=O)O)C2)nnc1-c1ccc(C(C)C)cc1O. The van der Waals surface area contributed by atoms with Gasteiger partial charge in [-0.05, 0) is 80.9 Å². The second-order valence-corrected chi connectivity index (χ2v) is 8.83. The molecule has 0 bridgehead atoms. The second kappa shape index (κ2) is 10.6. The Morgan fingerprint density at radius 1 is 1.26 bits per heavy atom. The molecule has 7 heteroatoms. The average Bonchev–Trinajstić information content (AvgIpc) is 2.72. The summed E-state index contributed by atoms with van der Waals surface area (Å²) in [6.07, 6.45) is 4.06. The van der Waals surface area contributed by atoms with Gasteiger partial charge in [-0.2, -0.15) is 0 Å². The second-order valence-electron chi connectivity index (χ2n) is 8.83. The van der Waals surface area contributed by atoms with Crippen LogP contribution in [0.5, 0.6) is 5.75 Å². The Kier molecular flexibility index (Phi) is 7.85. The molecule has 1 aromatic carbocycles. The first-order valence-corrected chi connectivity index (χ1v) is 11.2. The number of aliphatic carboxylic acids is 1. The number of unbranched alkanes of at least 4 members (excludes halogenated alkanes) is 1. The van der Waals surface area contributed by atoms with E-state index in [4.69, 9.17) is 5.11 Å². The molecule has 0 amide bonds. The van der Waals surface area contributed by atoms with E-state index in [1.165, 1.54) is 0 Å². The molecule has 0 unspecified atom stereocenters. The summed E-state index contributed by atoms with van der Waals surface area (Å²) < 4.78 is 0. The van der Waals surface area contributed by atoms with Crippen molar-refractivity contribution in [2.24, 2.45) is 0 Å². The Morgan fingerprint density at radius 2 is 2.06 bits per heavy atom. The van der Waals surface area contributed by atoms with Crippen LogP contribution in [-0.2, 0) is 4.79 Å². The van der Waals surface area contributed by atoms with E-state index < -0.39 is 5.97 Å². The van der Waals surface area contributed by atoms with Gasteiger partial charge in [-0.1, -0.05) is 19.9 Å². The Labute approximate surface area is 184 Å². The molecular weight excluding hydrogens is 392 g/mol. The summed E-state index contributed by atoms with van der Waals surface area (Å²) in [5, 5.41) is 31.5. The number of aromatic nitrogens is 2. The molecule has 3 N–H and O–H groups in total. The van der Waals surface area contributed by atoms with Crippen LogP contribution in [0.3, 0.4) is 0 Å². The number of rotatable bonds is 9. The van der Waals surface area contributed by atoms with Gasteiger partial charge in [-0.15, -0.1) is 10.2 Å². The van der Waals surface area contributed by atoms with Crippen LogP contribution in [0.1, 0.15) is 63.0 Å².